The minimum atomic E-state index is -0.0855. The number of ether oxygens (including phenoxy) is 2. The second-order valence-corrected chi connectivity index (χ2v) is 5.51. The van der Waals surface area contributed by atoms with Crippen LogP contribution in [0.3, 0.4) is 0 Å². The van der Waals surface area contributed by atoms with Crippen molar-refractivity contribution in [3.05, 3.63) is 24.3 Å². The highest BCUT2D eigenvalue weighted by Crippen LogP contribution is 2.20. The Labute approximate surface area is 117 Å². The van der Waals surface area contributed by atoms with Gasteiger partial charge >= 0.3 is 0 Å². The Morgan fingerprint density at radius 1 is 1.32 bits per heavy atom. The van der Waals surface area contributed by atoms with E-state index in [0.717, 1.165) is 30.8 Å². The van der Waals surface area contributed by atoms with E-state index in [0.29, 0.717) is 0 Å². The molecular weight excluding hydrogens is 238 g/mol. The molecule has 0 fully saturated rings. The van der Waals surface area contributed by atoms with Gasteiger partial charge in [-0.1, -0.05) is 13.0 Å². The van der Waals surface area contributed by atoms with Crippen molar-refractivity contribution in [2.75, 3.05) is 19.0 Å². The van der Waals surface area contributed by atoms with Crippen molar-refractivity contribution < 1.29 is 9.47 Å². The lowest BCUT2D eigenvalue weighted by molar-refractivity contribution is 0.0185. The fourth-order valence-electron chi connectivity index (χ4n) is 1.60. The largest absolute Gasteiger partial charge is 0.491 e. The summed E-state index contributed by atoms with van der Waals surface area (Å²) in [7, 11) is 1.75. The van der Waals surface area contributed by atoms with Gasteiger partial charge in [0.25, 0.3) is 0 Å². The molecule has 3 nitrogen and oxygen atoms in total. The molecule has 1 aromatic rings. The molecule has 0 aromatic heterocycles. The fraction of sp³-hybridized carbons (Fsp3) is 0.625. The third kappa shape index (κ3) is 5.97. The van der Waals surface area contributed by atoms with E-state index in [9.17, 15) is 0 Å². The van der Waals surface area contributed by atoms with Crippen LogP contribution in [-0.2, 0) is 4.74 Å². The van der Waals surface area contributed by atoms with Gasteiger partial charge in [-0.15, -0.1) is 0 Å². The number of hydrogen-bond acceptors (Lipinski definition) is 3. The second-order valence-electron chi connectivity index (χ2n) is 5.51. The van der Waals surface area contributed by atoms with Gasteiger partial charge in [0, 0.05) is 25.4 Å². The Morgan fingerprint density at radius 3 is 2.68 bits per heavy atom. The van der Waals surface area contributed by atoms with Crippen molar-refractivity contribution in [3.63, 3.8) is 0 Å². The van der Waals surface area contributed by atoms with Crippen LogP contribution in [-0.4, -0.2) is 25.4 Å². The zero-order valence-electron chi connectivity index (χ0n) is 12.8. The third-order valence-corrected chi connectivity index (χ3v) is 3.35. The van der Waals surface area contributed by atoms with Gasteiger partial charge in [-0.25, -0.2) is 0 Å². The number of nitrogens with one attached hydrogen (secondary N) is 1. The molecule has 0 aliphatic carbocycles. The predicted octanol–water partition coefficient (Wildman–Crippen LogP) is 4.09. The summed E-state index contributed by atoms with van der Waals surface area (Å²) in [5, 5.41) is 3.41. The smallest absolute Gasteiger partial charge is 0.121 e. The summed E-state index contributed by atoms with van der Waals surface area (Å²) in [6.45, 7) is 9.28. The molecule has 0 bridgehead atoms. The third-order valence-electron chi connectivity index (χ3n) is 3.35. The highest BCUT2D eigenvalue weighted by Gasteiger charge is 2.15. The second kappa shape index (κ2) is 7.39. The van der Waals surface area contributed by atoms with Crippen LogP contribution < -0.4 is 10.1 Å². The zero-order chi connectivity index (χ0) is 14.3. The average molecular weight is 265 g/mol. The molecule has 0 saturated carbocycles. The summed E-state index contributed by atoms with van der Waals surface area (Å²) in [4.78, 5) is 0. The van der Waals surface area contributed by atoms with Crippen LogP contribution in [0.1, 0.15) is 40.5 Å². The van der Waals surface area contributed by atoms with E-state index in [2.05, 4.69) is 39.1 Å². The van der Waals surface area contributed by atoms with Gasteiger partial charge in [0.15, 0.2) is 0 Å². The van der Waals surface area contributed by atoms with Crippen molar-refractivity contribution in [1.29, 1.82) is 0 Å². The van der Waals surface area contributed by atoms with Gasteiger partial charge in [-0.3, -0.25) is 0 Å². The average Bonchev–Trinajstić information content (AvgIpc) is 2.39. The van der Waals surface area contributed by atoms with E-state index in [-0.39, 0.29) is 11.7 Å². The summed E-state index contributed by atoms with van der Waals surface area (Å²) >= 11 is 0. The molecule has 1 aromatic carbocycles. The minimum Gasteiger partial charge on any atom is -0.491 e. The fourth-order valence-corrected chi connectivity index (χ4v) is 1.60. The molecule has 19 heavy (non-hydrogen) atoms. The Hall–Kier alpha value is -1.22. The lowest BCUT2D eigenvalue weighted by Crippen LogP contribution is -2.25. The van der Waals surface area contributed by atoms with Crippen molar-refractivity contribution in [2.24, 2.45) is 0 Å². The summed E-state index contributed by atoms with van der Waals surface area (Å²) in [5.74, 6) is 0.922. The molecule has 0 amide bonds. The summed E-state index contributed by atoms with van der Waals surface area (Å²) in [6.07, 6.45) is 2.22. The van der Waals surface area contributed by atoms with Crippen LogP contribution in [0, 0.1) is 0 Å². The number of rotatable bonds is 8. The zero-order valence-corrected chi connectivity index (χ0v) is 12.8. The molecule has 0 radical (unpaired) electrons. The maximum atomic E-state index is 5.81. The van der Waals surface area contributed by atoms with Crippen LogP contribution in [0.2, 0.25) is 0 Å². The molecule has 0 saturated heterocycles. The van der Waals surface area contributed by atoms with E-state index in [1.807, 2.05) is 18.2 Å². The molecule has 1 unspecified atom stereocenters. The lowest BCUT2D eigenvalue weighted by Gasteiger charge is -2.23. The Balaban J connectivity index is 2.48. The maximum Gasteiger partial charge on any atom is 0.121 e. The molecule has 0 spiro atoms. The van der Waals surface area contributed by atoms with E-state index in [1.165, 1.54) is 0 Å². The molecular formula is C16H27NO2. The summed E-state index contributed by atoms with van der Waals surface area (Å²) < 4.78 is 11.2. The van der Waals surface area contributed by atoms with Crippen LogP contribution in [0.25, 0.3) is 0 Å². The van der Waals surface area contributed by atoms with Gasteiger partial charge in [0.2, 0.25) is 0 Å². The van der Waals surface area contributed by atoms with Gasteiger partial charge in [0.1, 0.15) is 5.75 Å². The van der Waals surface area contributed by atoms with E-state index in [1.54, 1.807) is 7.11 Å². The highest BCUT2D eigenvalue weighted by atomic mass is 16.5. The Bertz CT molecular complexity index is 377. The molecule has 0 aliphatic heterocycles. The standard InChI is InChI=1S/C16H27NO2/c1-6-13(2)19-15-9-7-8-14(12-15)17-11-10-16(3,4)18-5/h7-9,12-13,17H,6,10-11H2,1-5H3. The van der Waals surface area contributed by atoms with Gasteiger partial charge in [0.05, 0.1) is 11.7 Å². The van der Waals surface area contributed by atoms with Crippen molar-refractivity contribution in [1.82, 2.24) is 0 Å². The molecule has 1 N–H and O–H groups in total. The quantitative estimate of drug-likeness (QED) is 0.768. The van der Waals surface area contributed by atoms with Crippen LogP contribution in [0.4, 0.5) is 5.69 Å². The van der Waals surface area contributed by atoms with Crippen LogP contribution in [0.5, 0.6) is 5.75 Å². The van der Waals surface area contributed by atoms with E-state index >= 15 is 0 Å². The van der Waals surface area contributed by atoms with E-state index in [4.69, 9.17) is 9.47 Å². The van der Waals surface area contributed by atoms with Crippen molar-refractivity contribution >= 4 is 5.69 Å². The van der Waals surface area contributed by atoms with Gasteiger partial charge in [-0.2, -0.15) is 0 Å². The summed E-state index contributed by atoms with van der Waals surface area (Å²) in [5.41, 5.74) is 1.00. The maximum absolute atomic E-state index is 5.81. The number of benzene rings is 1. The van der Waals surface area contributed by atoms with Crippen molar-refractivity contribution in [3.8, 4) is 5.75 Å². The Morgan fingerprint density at radius 2 is 2.05 bits per heavy atom. The molecule has 1 rings (SSSR count). The van der Waals surface area contributed by atoms with Crippen LogP contribution >= 0.6 is 0 Å². The van der Waals surface area contributed by atoms with Gasteiger partial charge < -0.3 is 14.8 Å². The first-order chi connectivity index (χ1) is 8.96. The van der Waals surface area contributed by atoms with E-state index < -0.39 is 0 Å². The number of anilines is 1. The van der Waals surface area contributed by atoms with Crippen molar-refractivity contribution in [2.45, 2.75) is 52.2 Å². The van der Waals surface area contributed by atoms with Crippen LogP contribution in [0.15, 0.2) is 24.3 Å². The molecule has 0 aliphatic rings. The summed E-state index contributed by atoms with van der Waals surface area (Å²) in [6, 6.07) is 8.12. The Kier molecular flexibility index (Phi) is 6.16. The molecule has 108 valence electrons. The molecule has 1 atom stereocenters. The first kappa shape index (κ1) is 15.8. The van der Waals surface area contributed by atoms with Gasteiger partial charge in [-0.05, 0) is 45.7 Å². The molecule has 3 heteroatoms. The number of methoxy groups -OCH3 is 1. The lowest BCUT2D eigenvalue weighted by atomic mass is 10.1. The number of hydrogen-bond donors (Lipinski definition) is 1. The first-order valence-electron chi connectivity index (χ1n) is 7.02. The predicted molar refractivity (Wildman–Crippen MR) is 81.0 cm³/mol. The topological polar surface area (TPSA) is 30.5 Å². The highest BCUT2D eigenvalue weighted by molar-refractivity contribution is 5.48. The molecule has 0 heterocycles. The minimum absolute atomic E-state index is 0.0855. The normalized spacial score (nSPS) is 13.1. The monoisotopic (exact) mass is 265 g/mol. The SMILES string of the molecule is CCC(C)Oc1cccc(NCCC(C)(C)OC)c1. The first-order valence-corrected chi connectivity index (χ1v) is 7.02.